The van der Waals surface area contributed by atoms with Gasteiger partial charge in [0.25, 0.3) is 0 Å². The second-order valence-electron chi connectivity index (χ2n) is 5.25. The lowest BCUT2D eigenvalue weighted by atomic mass is 9.76. The molecule has 0 aromatic carbocycles. The molecule has 1 saturated carbocycles. The van der Waals surface area contributed by atoms with Gasteiger partial charge in [-0.1, -0.05) is 0 Å². The van der Waals surface area contributed by atoms with Crippen LogP contribution in [-0.2, 0) is 0 Å². The molecule has 0 radical (unpaired) electrons. The third kappa shape index (κ3) is 2.55. The summed E-state index contributed by atoms with van der Waals surface area (Å²) in [6.45, 7) is 0.445. The van der Waals surface area contributed by atoms with Crippen LogP contribution in [0.5, 0.6) is 0 Å². The van der Waals surface area contributed by atoms with E-state index in [-0.39, 0.29) is 24.7 Å². The molecule has 0 spiro atoms. The molecular weight excluding hydrogens is 222 g/mol. The summed E-state index contributed by atoms with van der Waals surface area (Å²) >= 11 is 0. The van der Waals surface area contributed by atoms with Crippen LogP contribution in [-0.4, -0.2) is 51.6 Å². The minimum Gasteiger partial charge on any atom is -0.465 e. The van der Waals surface area contributed by atoms with E-state index in [4.69, 9.17) is 5.11 Å². The summed E-state index contributed by atoms with van der Waals surface area (Å²) in [6.07, 6.45) is 3.26. The largest absolute Gasteiger partial charge is 0.465 e. The highest BCUT2D eigenvalue weighted by molar-refractivity contribution is 5.66. The van der Waals surface area contributed by atoms with Crippen LogP contribution in [0.4, 0.5) is 4.79 Å². The Bertz CT molecular complexity index is 276. The number of hydrogen-bond acceptors (Lipinski definition) is 3. The van der Waals surface area contributed by atoms with Gasteiger partial charge in [0.2, 0.25) is 0 Å². The number of carbonyl (C=O) groups is 1. The van der Waals surface area contributed by atoms with Crippen molar-refractivity contribution in [2.45, 2.75) is 44.2 Å². The van der Waals surface area contributed by atoms with Gasteiger partial charge in [0.05, 0.1) is 18.8 Å². The molecule has 17 heavy (non-hydrogen) atoms. The van der Waals surface area contributed by atoms with Crippen molar-refractivity contribution < 1.29 is 20.1 Å². The second-order valence-corrected chi connectivity index (χ2v) is 5.25. The third-order valence-corrected chi connectivity index (χ3v) is 4.38. The fourth-order valence-corrected chi connectivity index (χ4v) is 3.43. The Morgan fingerprint density at radius 1 is 1.18 bits per heavy atom. The Hall–Kier alpha value is -0.810. The minimum absolute atomic E-state index is 0.0873. The maximum absolute atomic E-state index is 11.0. The molecule has 2 fully saturated rings. The first-order chi connectivity index (χ1) is 8.13. The van der Waals surface area contributed by atoms with Gasteiger partial charge in [0, 0.05) is 6.54 Å². The van der Waals surface area contributed by atoms with E-state index in [0.29, 0.717) is 12.5 Å². The summed E-state index contributed by atoms with van der Waals surface area (Å²) in [5.74, 6) is 0.725. The summed E-state index contributed by atoms with van der Waals surface area (Å²) in [7, 11) is 0. The van der Waals surface area contributed by atoms with E-state index in [9.17, 15) is 15.0 Å². The first-order valence-corrected chi connectivity index (χ1v) is 6.42. The van der Waals surface area contributed by atoms with Gasteiger partial charge >= 0.3 is 6.09 Å². The van der Waals surface area contributed by atoms with Gasteiger partial charge < -0.3 is 20.2 Å². The molecule has 2 rings (SSSR count). The monoisotopic (exact) mass is 243 g/mol. The normalized spacial score (nSPS) is 38.4. The molecule has 3 N–H and O–H groups in total. The average Bonchev–Trinajstić information content (AvgIpc) is 2.73. The lowest BCUT2D eigenvalue weighted by Crippen LogP contribution is -2.42. The minimum atomic E-state index is -0.928. The summed E-state index contributed by atoms with van der Waals surface area (Å²) in [6, 6.07) is -0.243. The van der Waals surface area contributed by atoms with Crippen LogP contribution < -0.4 is 0 Å². The standard InChI is InChI=1S/C12H21NO4/c14-7-11-10(5-6-13(11)12(16)17)8-1-3-9(15)4-2-8/h8-11,14-15H,1-7H2,(H,16,17)/t8?,9?,10-,11+/m0/s1. The summed E-state index contributed by atoms with van der Waals surface area (Å²) in [4.78, 5) is 12.4. The zero-order valence-corrected chi connectivity index (χ0v) is 9.96. The molecule has 0 aromatic rings. The van der Waals surface area contributed by atoms with Crippen molar-refractivity contribution in [2.75, 3.05) is 13.2 Å². The zero-order chi connectivity index (χ0) is 12.4. The van der Waals surface area contributed by atoms with Gasteiger partial charge in [0.1, 0.15) is 0 Å². The Balaban J connectivity index is 1.99. The molecule has 98 valence electrons. The Morgan fingerprint density at radius 3 is 2.35 bits per heavy atom. The van der Waals surface area contributed by atoms with Gasteiger partial charge in [-0.25, -0.2) is 4.79 Å². The van der Waals surface area contributed by atoms with Gasteiger partial charge in [-0.2, -0.15) is 0 Å². The highest BCUT2D eigenvalue weighted by Crippen LogP contribution is 2.38. The maximum atomic E-state index is 11.0. The average molecular weight is 243 g/mol. The van der Waals surface area contributed by atoms with Crippen LogP contribution in [0.25, 0.3) is 0 Å². The number of aliphatic hydroxyl groups excluding tert-OH is 2. The van der Waals surface area contributed by atoms with Crippen molar-refractivity contribution in [1.82, 2.24) is 4.90 Å². The molecular formula is C12H21NO4. The van der Waals surface area contributed by atoms with E-state index < -0.39 is 6.09 Å². The lowest BCUT2D eigenvalue weighted by Gasteiger charge is -2.33. The molecule has 0 aromatic heterocycles. The van der Waals surface area contributed by atoms with Crippen LogP contribution in [0.15, 0.2) is 0 Å². The van der Waals surface area contributed by atoms with Crippen LogP contribution in [0.2, 0.25) is 0 Å². The van der Waals surface area contributed by atoms with Crippen molar-refractivity contribution in [1.29, 1.82) is 0 Å². The molecule has 1 amide bonds. The smallest absolute Gasteiger partial charge is 0.407 e. The number of rotatable bonds is 2. The number of nitrogens with zero attached hydrogens (tertiary/aromatic N) is 1. The van der Waals surface area contributed by atoms with Gasteiger partial charge in [-0.3, -0.25) is 0 Å². The van der Waals surface area contributed by atoms with Crippen LogP contribution in [0.3, 0.4) is 0 Å². The summed E-state index contributed by atoms with van der Waals surface area (Å²) in [5, 5.41) is 27.9. The molecule has 0 unspecified atom stereocenters. The van der Waals surface area contributed by atoms with Gasteiger partial charge in [-0.15, -0.1) is 0 Å². The number of aliphatic hydroxyl groups is 2. The highest BCUT2D eigenvalue weighted by Gasteiger charge is 2.41. The highest BCUT2D eigenvalue weighted by atomic mass is 16.4. The van der Waals surface area contributed by atoms with E-state index >= 15 is 0 Å². The zero-order valence-electron chi connectivity index (χ0n) is 9.96. The molecule has 1 heterocycles. The Morgan fingerprint density at radius 2 is 1.82 bits per heavy atom. The molecule has 1 aliphatic heterocycles. The van der Waals surface area contributed by atoms with E-state index in [0.717, 1.165) is 32.1 Å². The fraction of sp³-hybridized carbons (Fsp3) is 0.917. The quantitative estimate of drug-likeness (QED) is 0.673. The molecule has 2 atom stereocenters. The fourth-order valence-electron chi connectivity index (χ4n) is 3.43. The summed E-state index contributed by atoms with van der Waals surface area (Å²) < 4.78 is 0. The predicted octanol–water partition coefficient (Wildman–Crippen LogP) is 0.898. The third-order valence-electron chi connectivity index (χ3n) is 4.38. The Labute approximate surface area is 101 Å². The van der Waals surface area contributed by atoms with Crippen LogP contribution in [0.1, 0.15) is 32.1 Å². The molecule has 1 aliphatic carbocycles. The van der Waals surface area contributed by atoms with E-state index in [1.54, 1.807) is 0 Å². The van der Waals surface area contributed by atoms with Crippen molar-refractivity contribution >= 4 is 6.09 Å². The SMILES string of the molecule is O=C(O)N1CC[C@@H](C2CCC(O)CC2)[C@H]1CO. The van der Waals surface area contributed by atoms with Crippen LogP contribution >= 0.6 is 0 Å². The predicted molar refractivity (Wildman–Crippen MR) is 61.7 cm³/mol. The number of likely N-dealkylation sites (tertiary alicyclic amines) is 1. The first kappa shape index (κ1) is 12.6. The van der Waals surface area contributed by atoms with Gasteiger partial charge in [0.15, 0.2) is 0 Å². The van der Waals surface area contributed by atoms with Crippen molar-refractivity contribution in [3.63, 3.8) is 0 Å². The Kier molecular flexibility index (Phi) is 3.89. The summed E-state index contributed by atoms with van der Waals surface area (Å²) in [5.41, 5.74) is 0. The molecule has 5 nitrogen and oxygen atoms in total. The molecule has 1 saturated heterocycles. The van der Waals surface area contributed by atoms with Crippen molar-refractivity contribution in [3.8, 4) is 0 Å². The second kappa shape index (κ2) is 5.23. The van der Waals surface area contributed by atoms with Gasteiger partial charge in [-0.05, 0) is 43.9 Å². The van der Waals surface area contributed by atoms with Crippen LogP contribution in [0, 0.1) is 11.8 Å². The van der Waals surface area contributed by atoms with E-state index in [2.05, 4.69) is 0 Å². The maximum Gasteiger partial charge on any atom is 0.407 e. The van der Waals surface area contributed by atoms with E-state index in [1.807, 2.05) is 0 Å². The molecule has 2 aliphatic rings. The number of hydrogen-bond donors (Lipinski definition) is 3. The lowest BCUT2D eigenvalue weighted by molar-refractivity contribution is 0.0627. The number of carboxylic acid groups (broad SMARTS) is 1. The first-order valence-electron chi connectivity index (χ1n) is 6.42. The van der Waals surface area contributed by atoms with E-state index in [1.165, 1.54) is 4.90 Å². The topological polar surface area (TPSA) is 81.0 Å². The molecule has 0 bridgehead atoms. The molecule has 5 heteroatoms. The van der Waals surface area contributed by atoms with Crippen molar-refractivity contribution in [2.24, 2.45) is 11.8 Å². The van der Waals surface area contributed by atoms with Crippen molar-refractivity contribution in [3.05, 3.63) is 0 Å². The number of amides is 1.